The molecule has 14 heteroatoms. The molecule has 2 atom stereocenters. The minimum Gasteiger partial charge on any atom is -0.481 e. The van der Waals surface area contributed by atoms with Gasteiger partial charge in [-0.05, 0) is 121 Å². The molecule has 3 aromatic rings. The summed E-state index contributed by atoms with van der Waals surface area (Å²) in [5, 5.41) is 39.1. The molecule has 0 unspecified atom stereocenters. The van der Waals surface area contributed by atoms with E-state index in [2.05, 4.69) is 46.2 Å². The van der Waals surface area contributed by atoms with Gasteiger partial charge in [0.15, 0.2) is 0 Å². The number of aliphatic carboxylic acids is 1. The highest BCUT2D eigenvalue weighted by atomic mass is 35.5. The van der Waals surface area contributed by atoms with Gasteiger partial charge in [0.05, 0.1) is 57.9 Å². The SMILES string of the molecule is CCN(CC)CC.[C-]#[N+]c1ccc(C[C@@H](C(=O)NNC(=O)c2ccc(C#N)cc2)C(C)(C)O)c(C)c1Cl.[C-]#[N+]c1ccc(C[C@@H](C(=O)O)C(C)(C)O)c(C)c1Cl. The smallest absolute Gasteiger partial charge is 0.309 e. The standard InChI is InChI=1S/C22H21ClN4O3.C14H16ClNO3.C6H15N/c1-13-16(9-10-18(25-4)19(13)23)11-17(22(2,3)30)21(29)27-26-20(28)15-7-5-14(12-24)6-8-15;1-8-9(5-6-11(16-4)12(8)15)7-10(13(17)18)14(2,3)19;1-4-7(5-2)6-3/h5-10,17,30H,11H2,1-3H3,(H,26,28)(H,27,29);5-6,10,19H,7H2,1-3H3,(H,17,18);4-6H2,1-3H3/t17-;10-;/m00./s1. The lowest BCUT2D eigenvalue weighted by atomic mass is 9.84. The van der Waals surface area contributed by atoms with Crippen LogP contribution >= 0.6 is 23.2 Å². The fourth-order valence-corrected chi connectivity index (χ4v) is 5.88. The Bertz CT molecular complexity index is 1940. The van der Waals surface area contributed by atoms with Gasteiger partial charge in [0.25, 0.3) is 5.91 Å². The number of hydrogen-bond donors (Lipinski definition) is 5. The van der Waals surface area contributed by atoms with Crippen molar-refractivity contribution in [3.8, 4) is 6.07 Å². The summed E-state index contributed by atoms with van der Waals surface area (Å²) in [5.74, 6) is -4.01. The Balaban J connectivity index is 0.000000512. The lowest BCUT2D eigenvalue weighted by Gasteiger charge is -2.29. The van der Waals surface area contributed by atoms with E-state index in [1.54, 1.807) is 38.1 Å². The molecule has 0 aromatic heterocycles. The number of halogens is 2. The minimum atomic E-state index is -1.39. The number of benzene rings is 3. The van der Waals surface area contributed by atoms with Crippen molar-refractivity contribution >= 4 is 52.4 Å². The molecule has 2 amide bonds. The van der Waals surface area contributed by atoms with Crippen LogP contribution in [0.4, 0.5) is 11.4 Å². The molecular formula is C42H52Cl2N6O6. The molecular weight excluding hydrogens is 755 g/mol. The van der Waals surface area contributed by atoms with E-state index in [0.717, 1.165) is 5.56 Å². The number of hydrogen-bond acceptors (Lipinski definition) is 7. The first kappa shape index (κ1) is 49.0. The van der Waals surface area contributed by atoms with Gasteiger partial charge in [-0.15, -0.1) is 0 Å². The second-order valence-corrected chi connectivity index (χ2v) is 14.8. The average molecular weight is 808 g/mol. The number of carbonyl (C=O) groups excluding carboxylic acids is 2. The molecule has 3 aromatic carbocycles. The van der Waals surface area contributed by atoms with Gasteiger partial charge in [-0.25, -0.2) is 9.69 Å². The van der Waals surface area contributed by atoms with E-state index in [-0.39, 0.29) is 18.4 Å². The number of nitrogens with one attached hydrogen (secondary N) is 2. The Morgan fingerprint density at radius 3 is 1.50 bits per heavy atom. The maximum Gasteiger partial charge on any atom is 0.309 e. The monoisotopic (exact) mass is 806 g/mol. The van der Waals surface area contributed by atoms with Crippen LogP contribution in [-0.2, 0) is 22.4 Å². The molecule has 0 bridgehead atoms. The molecule has 0 aliphatic carbocycles. The summed E-state index contributed by atoms with van der Waals surface area (Å²) < 4.78 is 0. The van der Waals surface area contributed by atoms with Gasteiger partial charge < -0.3 is 20.2 Å². The largest absolute Gasteiger partial charge is 0.481 e. The van der Waals surface area contributed by atoms with Gasteiger partial charge >= 0.3 is 5.97 Å². The van der Waals surface area contributed by atoms with E-state index in [9.17, 15) is 29.7 Å². The summed E-state index contributed by atoms with van der Waals surface area (Å²) in [6.07, 6.45) is 0.328. The molecule has 3 rings (SSSR count). The van der Waals surface area contributed by atoms with E-state index in [0.29, 0.717) is 43.7 Å². The van der Waals surface area contributed by atoms with Crippen molar-refractivity contribution in [3.63, 3.8) is 0 Å². The summed E-state index contributed by atoms with van der Waals surface area (Å²) in [5.41, 5.74) is 6.09. The van der Waals surface area contributed by atoms with Crippen LogP contribution in [0.15, 0.2) is 48.5 Å². The third-order valence-corrected chi connectivity index (χ3v) is 10.2. The van der Waals surface area contributed by atoms with Gasteiger partial charge in [-0.3, -0.25) is 25.2 Å². The Morgan fingerprint density at radius 2 is 1.18 bits per heavy atom. The minimum absolute atomic E-state index is 0.159. The van der Waals surface area contributed by atoms with E-state index in [1.807, 2.05) is 6.07 Å². The van der Waals surface area contributed by atoms with Crippen LogP contribution in [0.2, 0.25) is 10.0 Å². The first-order valence-corrected chi connectivity index (χ1v) is 18.7. The number of nitriles is 1. The van der Waals surface area contributed by atoms with E-state index >= 15 is 0 Å². The summed E-state index contributed by atoms with van der Waals surface area (Å²) in [6, 6.07) is 14.4. The van der Waals surface area contributed by atoms with Crippen LogP contribution in [-0.4, -0.2) is 68.8 Å². The maximum atomic E-state index is 12.7. The van der Waals surface area contributed by atoms with Gasteiger partial charge in [0, 0.05) is 5.56 Å². The fourth-order valence-electron chi connectivity index (χ4n) is 5.42. The Labute approximate surface area is 340 Å². The molecule has 12 nitrogen and oxygen atoms in total. The van der Waals surface area contributed by atoms with Gasteiger partial charge in [-0.1, -0.05) is 68.2 Å². The third kappa shape index (κ3) is 14.6. The van der Waals surface area contributed by atoms with Crippen LogP contribution in [0, 0.1) is 50.2 Å². The number of carbonyl (C=O) groups is 3. The Kier molecular flexibility index (Phi) is 19.7. The van der Waals surface area contributed by atoms with Crippen molar-refractivity contribution in [3.05, 3.63) is 115 Å². The van der Waals surface area contributed by atoms with E-state index in [4.69, 9.17) is 41.6 Å². The summed E-state index contributed by atoms with van der Waals surface area (Å²) in [4.78, 5) is 45.2. The van der Waals surface area contributed by atoms with Crippen molar-refractivity contribution < 1.29 is 29.7 Å². The highest BCUT2D eigenvalue weighted by molar-refractivity contribution is 6.34. The number of aliphatic hydroxyl groups is 2. The number of carboxylic acids is 1. The van der Waals surface area contributed by atoms with E-state index < -0.39 is 40.8 Å². The zero-order valence-electron chi connectivity index (χ0n) is 33.4. The first-order valence-electron chi connectivity index (χ1n) is 17.9. The summed E-state index contributed by atoms with van der Waals surface area (Å²) in [7, 11) is 0. The van der Waals surface area contributed by atoms with Crippen molar-refractivity contribution in [1.29, 1.82) is 5.26 Å². The van der Waals surface area contributed by atoms with Crippen molar-refractivity contribution in [1.82, 2.24) is 15.8 Å². The quantitative estimate of drug-likeness (QED) is 0.0905. The van der Waals surface area contributed by atoms with Gasteiger partial charge in [0.2, 0.25) is 17.3 Å². The van der Waals surface area contributed by atoms with Crippen LogP contribution in [0.1, 0.15) is 86.6 Å². The second kappa shape index (κ2) is 22.5. The number of hydrazine groups is 1. The van der Waals surface area contributed by atoms with Crippen LogP contribution < -0.4 is 10.9 Å². The topological polar surface area (TPSA) is 172 Å². The zero-order valence-corrected chi connectivity index (χ0v) is 34.9. The molecule has 56 heavy (non-hydrogen) atoms. The van der Waals surface area contributed by atoms with Crippen LogP contribution in [0.3, 0.4) is 0 Å². The lowest BCUT2D eigenvalue weighted by molar-refractivity contribution is -0.149. The third-order valence-electron chi connectivity index (χ3n) is 9.28. The zero-order chi connectivity index (χ0) is 43.0. The lowest BCUT2D eigenvalue weighted by Crippen LogP contribution is -2.50. The normalized spacial score (nSPS) is 11.9. The number of amides is 2. The molecule has 0 spiro atoms. The molecule has 0 fully saturated rings. The highest BCUT2D eigenvalue weighted by Crippen LogP contribution is 2.34. The average Bonchev–Trinajstić information content (AvgIpc) is 3.15. The molecule has 5 N–H and O–H groups in total. The highest BCUT2D eigenvalue weighted by Gasteiger charge is 2.35. The summed E-state index contributed by atoms with van der Waals surface area (Å²) in [6.45, 7) is 33.7. The molecule has 0 saturated heterocycles. The Hall–Kier alpha value is -5.00. The fraction of sp³-hybridized carbons (Fsp3) is 0.429. The molecule has 0 heterocycles. The van der Waals surface area contributed by atoms with Crippen molar-refractivity contribution in [2.24, 2.45) is 11.8 Å². The van der Waals surface area contributed by atoms with Gasteiger partial charge in [-0.2, -0.15) is 5.26 Å². The summed E-state index contributed by atoms with van der Waals surface area (Å²) >= 11 is 12.3. The molecule has 300 valence electrons. The maximum absolute atomic E-state index is 12.7. The second-order valence-electron chi connectivity index (χ2n) is 14.0. The first-order chi connectivity index (χ1) is 26.1. The molecule has 0 saturated carbocycles. The number of nitrogens with zero attached hydrogens (tertiary/aromatic N) is 4. The van der Waals surface area contributed by atoms with Crippen molar-refractivity contribution in [2.45, 2.75) is 86.4 Å². The molecule has 0 radical (unpaired) electrons. The Morgan fingerprint density at radius 1 is 0.768 bits per heavy atom. The predicted octanol–water partition coefficient (Wildman–Crippen LogP) is 8.02. The molecule has 0 aliphatic rings. The molecule has 0 aliphatic heterocycles. The number of carboxylic acid groups (broad SMARTS) is 1. The van der Waals surface area contributed by atoms with E-state index in [1.165, 1.54) is 71.6 Å². The van der Waals surface area contributed by atoms with Crippen LogP contribution in [0.25, 0.3) is 9.69 Å². The van der Waals surface area contributed by atoms with Crippen molar-refractivity contribution in [2.75, 3.05) is 19.6 Å². The predicted molar refractivity (Wildman–Crippen MR) is 220 cm³/mol. The number of rotatable bonds is 12. The van der Waals surface area contributed by atoms with Gasteiger partial charge in [0.1, 0.15) is 0 Å². The van der Waals surface area contributed by atoms with Crippen LogP contribution in [0.5, 0.6) is 0 Å².